The molecule has 1 saturated carbocycles. The summed E-state index contributed by atoms with van der Waals surface area (Å²) in [5.74, 6) is -1.10. The molecule has 3 N–H and O–H groups in total. The van der Waals surface area contributed by atoms with Gasteiger partial charge in [-0.05, 0) is 31.0 Å². The number of methoxy groups -OCH3 is 1. The largest absolute Gasteiger partial charge is 0.497 e. The third kappa shape index (κ3) is 4.24. The van der Waals surface area contributed by atoms with E-state index < -0.39 is 11.5 Å². The Morgan fingerprint density at radius 1 is 1.25 bits per heavy atom. The number of amides is 2. The Kier molecular flexibility index (Phi) is 5.78. The summed E-state index contributed by atoms with van der Waals surface area (Å²) in [7, 11) is 1.52. The van der Waals surface area contributed by atoms with E-state index in [2.05, 4.69) is 10.6 Å². The number of carboxylic acids is 1. The SMILES string of the molecule is COc1cccc(C(=O)NCCC(=O)NC2(C(=O)O)CCCC2)c1. The van der Waals surface area contributed by atoms with Crippen molar-refractivity contribution in [1.29, 1.82) is 0 Å². The molecule has 0 aliphatic heterocycles. The van der Waals surface area contributed by atoms with Gasteiger partial charge >= 0.3 is 5.97 Å². The number of benzene rings is 1. The first kappa shape index (κ1) is 17.8. The fraction of sp³-hybridized carbons (Fsp3) is 0.471. The monoisotopic (exact) mass is 334 g/mol. The number of hydrogen-bond donors (Lipinski definition) is 3. The van der Waals surface area contributed by atoms with E-state index in [9.17, 15) is 19.5 Å². The lowest BCUT2D eigenvalue weighted by atomic mass is 9.97. The highest BCUT2D eigenvalue weighted by molar-refractivity contribution is 5.95. The summed E-state index contributed by atoms with van der Waals surface area (Å²) in [4.78, 5) is 35.4. The first-order valence-corrected chi connectivity index (χ1v) is 7.93. The first-order chi connectivity index (χ1) is 11.5. The van der Waals surface area contributed by atoms with Crippen LogP contribution < -0.4 is 15.4 Å². The normalized spacial score (nSPS) is 15.5. The van der Waals surface area contributed by atoms with Gasteiger partial charge in [0.1, 0.15) is 11.3 Å². The lowest BCUT2D eigenvalue weighted by Gasteiger charge is -2.25. The summed E-state index contributed by atoms with van der Waals surface area (Å²) in [5.41, 5.74) is -0.707. The van der Waals surface area contributed by atoms with Gasteiger partial charge in [0.15, 0.2) is 0 Å². The van der Waals surface area contributed by atoms with Gasteiger partial charge in [-0.15, -0.1) is 0 Å². The lowest BCUT2D eigenvalue weighted by molar-refractivity contribution is -0.147. The van der Waals surface area contributed by atoms with E-state index in [1.54, 1.807) is 24.3 Å². The van der Waals surface area contributed by atoms with Gasteiger partial charge in [0.25, 0.3) is 5.91 Å². The molecule has 2 amide bonds. The van der Waals surface area contributed by atoms with Gasteiger partial charge in [-0.3, -0.25) is 9.59 Å². The Hall–Kier alpha value is -2.57. The molecule has 0 unspecified atom stereocenters. The highest BCUT2D eigenvalue weighted by atomic mass is 16.5. The zero-order chi connectivity index (χ0) is 17.6. The van der Waals surface area contributed by atoms with Gasteiger partial charge < -0.3 is 20.5 Å². The van der Waals surface area contributed by atoms with E-state index >= 15 is 0 Å². The molecule has 7 heteroatoms. The maximum atomic E-state index is 12.0. The molecule has 1 aromatic carbocycles. The van der Waals surface area contributed by atoms with E-state index in [1.807, 2.05) is 0 Å². The molecule has 0 aromatic heterocycles. The van der Waals surface area contributed by atoms with Crippen LogP contribution in [-0.2, 0) is 9.59 Å². The van der Waals surface area contributed by atoms with E-state index in [0.717, 1.165) is 12.8 Å². The predicted octanol–water partition coefficient (Wildman–Crippen LogP) is 1.33. The van der Waals surface area contributed by atoms with Crippen molar-refractivity contribution in [1.82, 2.24) is 10.6 Å². The number of carboxylic acid groups (broad SMARTS) is 1. The van der Waals surface area contributed by atoms with Crippen LogP contribution in [0.25, 0.3) is 0 Å². The average Bonchev–Trinajstić information content (AvgIpc) is 3.04. The summed E-state index contributed by atoms with van der Waals surface area (Å²) in [6.07, 6.45) is 2.51. The molecule has 0 spiro atoms. The molecule has 0 saturated heterocycles. The minimum atomic E-state index is -1.14. The van der Waals surface area contributed by atoms with Crippen LogP contribution in [-0.4, -0.2) is 42.1 Å². The molecule has 24 heavy (non-hydrogen) atoms. The van der Waals surface area contributed by atoms with Crippen molar-refractivity contribution in [2.45, 2.75) is 37.6 Å². The molecule has 2 rings (SSSR count). The minimum Gasteiger partial charge on any atom is -0.497 e. The molecule has 130 valence electrons. The summed E-state index contributed by atoms with van der Waals surface area (Å²) in [6.45, 7) is 0.136. The summed E-state index contributed by atoms with van der Waals surface area (Å²) in [5, 5.41) is 14.6. The Labute approximate surface area is 140 Å². The molecule has 0 heterocycles. The molecular weight excluding hydrogens is 312 g/mol. The van der Waals surface area contributed by atoms with Gasteiger partial charge in [0.05, 0.1) is 7.11 Å². The summed E-state index contributed by atoms with van der Waals surface area (Å²) in [6, 6.07) is 6.69. The van der Waals surface area contributed by atoms with Crippen molar-refractivity contribution in [2.75, 3.05) is 13.7 Å². The van der Waals surface area contributed by atoms with Crippen LogP contribution in [0.4, 0.5) is 0 Å². The summed E-state index contributed by atoms with van der Waals surface area (Å²) >= 11 is 0. The van der Waals surface area contributed by atoms with Gasteiger partial charge in [0.2, 0.25) is 5.91 Å². The summed E-state index contributed by atoms with van der Waals surface area (Å²) < 4.78 is 5.06. The third-order valence-corrected chi connectivity index (χ3v) is 4.21. The fourth-order valence-electron chi connectivity index (χ4n) is 2.86. The van der Waals surface area contributed by atoms with Crippen molar-refractivity contribution < 1.29 is 24.2 Å². The molecule has 1 aromatic rings. The number of ether oxygens (including phenoxy) is 1. The Morgan fingerprint density at radius 3 is 2.58 bits per heavy atom. The Bertz CT molecular complexity index is 623. The molecule has 1 aliphatic carbocycles. The minimum absolute atomic E-state index is 0.0325. The van der Waals surface area contributed by atoms with Crippen LogP contribution in [0.3, 0.4) is 0 Å². The zero-order valence-corrected chi connectivity index (χ0v) is 13.6. The number of nitrogens with one attached hydrogen (secondary N) is 2. The van der Waals surface area contributed by atoms with Gasteiger partial charge in [-0.25, -0.2) is 4.79 Å². The van der Waals surface area contributed by atoms with Crippen molar-refractivity contribution in [3.05, 3.63) is 29.8 Å². The smallest absolute Gasteiger partial charge is 0.329 e. The van der Waals surface area contributed by atoms with Gasteiger partial charge in [-0.2, -0.15) is 0 Å². The van der Waals surface area contributed by atoms with Gasteiger partial charge in [-0.1, -0.05) is 18.9 Å². The number of hydrogen-bond acceptors (Lipinski definition) is 4. The molecule has 7 nitrogen and oxygen atoms in total. The van der Waals surface area contributed by atoms with Crippen molar-refractivity contribution in [3.63, 3.8) is 0 Å². The molecular formula is C17H22N2O5. The average molecular weight is 334 g/mol. The number of rotatable bonds is 7. The maximum Gasteiger partial charge on any atom is 0.329 e. The van der Waals surface area contributed by atoms with Crippen LogP contribution in [0.5, 0.6) is 5.75 Å². The van der Waals surface area contributed by atoms with Crippen molar-refractivity contribution in [3.8, 4) is 5.75 Å². The van der Waals surface area contributed by atoms with Crippen LogP contribution in [0.15, 0.2) is 24.3 Å². The van der Waals surface area contributed by atoms with Crippen molar-refractivity contribution >= 4 is 17.8 Å². The zero-order valence-electron chi connectivity index (χ0n) is 13.6. The Morgan fingerprint density at radius 2 is 1.96 bits per heavy atom. The topological polar surface area (TPSA) is 105 Å². The maximum absolute atomic E-state index is 12.0. The Balaban J connectivity index is 1.81. The van der Waals surface area contributed by atoms with Crippen molar-refractivity contribution in [2.24, 2.45) is 0 Å². The molecule has 1 aliphatic rings. The number of aliphatic carboxylic acids is 1. The van der Waals surface area contributed by atoms with E-state index in [1.165, 1.54) is 7.11 Å². The number of carbonyl (C=O) groups is 3. The molecule has 1 fully saturated rings. The molecule has 0 bridgehead atoms. The predicted molar refractivity (Wildman–Crippen MR) is 86.9 cm³/mol. The number of carbonyl (C=O) groups excluding carboxylic acids is 2. The quantitative estimate of drug-likeness (QED) is 0.698. The molecule has 0 radical (unpaired) electrons. The second-order valence-corrected chi connectivity index (χ2v) is 5.88. The van der Waals surface area contributed by atoms with Crippen LogP contribution in [0, 0.1) is 0 Å². The highest BCUT2D eigenvalue weighted by Gasteiger charge is 2.42. The fourth-order valence-corrected chi connectivity index (χ4v) is 2.86. The highest BCUT2D eigenvalue weighted by Crippen LogP contribution is 2.29. The van der Waals surface area contributed by atoms with Crippen LogP contribution in [0.1, 0.15) is 42.5 Å². The standard InChI is InChI=1S/C17H22N2O5/c1-24-13-6-4-5-12(11-13)15(21)18-10-7-14(20)19-17(16(22)23)8-2-3-9-17/h4-6,11H,2-3,7-10H2,1H3,(H,18,21)(H,19,20)(H,22,23). The lowest BCUT2D eigenvalue weighted by Crippen LogP contribution is -2.52. The first-order valence-electron chi connectivity index (χ1n) is 7.93. The van der Waals surface area contributed by atoms with E-state index in [4.69, 9.17) is 4.74 Å². The van der Waals surface area contributed by atoms with Crippen LogP contribution in [0.2, 0.25) is 0 Å². The third-order valence-electron chi connectivity index (χ3n) is 4.21. The second-order valence-electron chi connectivity index (χ2n) is 5.88. The van der Waals surface area contributed by atoms with Crippen LogP contribution >= 0.6 is 0 Å². The molecule has 0 atom stereocenters. The second kappa shape index (κ2) is 7.81. The van der Waals surface area contributed by atoms with E-state index in [0.29, 0.717) is 24.2 Å². The van der Waals surface area contributed by atoms with E-state index in [-0.39, 0.29) is 24.8 Å². The van der Waals surface area contributed by atoms with Gasteiger partial charge in [0, 0.05) is 18.5 Å².